The first-order chi connectivity index (χ1) is 9.70. The maximum absolute atomic E-state index is 13.4. The van der Waals surface area contributed by atoms with Gasteiger partial charge in [-0.1, -0.05) is 13.0 Å². The van der Waals surface area contributed by atoms with Crippen molar-refractivity contribution in [2.24, 2.45) is 5.73 Å². The molecule has 0 aliphatic carbocycles. The summed E-state index contributed by atoms with van der Waals surface area (Å²) in [5.74, 6) is 0.532. The van der Waals surface area contributed by atoms with Gasteiger partial charge in [0.1, 0.15) is 11.6 Å². The highest BCUT2D eigenvalue weighted by atomic mass is 32.1. The average Bonchev–Trinajstić information content (AvgIpc) is 3.06. The summed E-state index contributed by atoms with van der Waals surface area (Å²) in [4.78, 5) is 5.62. The number of hydrogen-bond acceptors (Lipinski definition) is 3. The molecule has 2 heterocycles. The third-order valence-electron chi connectivity index (χ3n) is 3.31. The lowest BCUT2D eigenvalue weighted by Gasteiger charge is -2.12. The molecule has 2 aromatic heterocycles. The van der Waals surface area contributed by atoms with Crippen LogP contribution in [0.15, 0.2) is 35.7 Å². The highest BCUT2D eigenvalue weighted by Crippen LogP contribution is 2.27. The lowest BCUT2D eigenvalue weighted by atomic mass is 10.2. The second-order valence-electron chi connectivity index (χ2n) is 4.75. The Morgan fingerprint density at radius 1 is 1.40 bits per heavy atom. The molecule has 0 amide bonds. The number of hydrogen-bond donors (Lipinski definition) is 1. The minimum Gasteiger partial charge on any atom is -0.326 e. The summed E-state index contributed by atoms with van der Waals surface area (Å²) in [7, 11) is 0. The summed E-state index contributed by atoms with van der Waals surface area (Å²) in [5.41, 5.74) is 7.93. The fourth-order valence-corrected chi connectivity index (χ4v) is 3.14. The fourth-order valence-electron chi connectivity index (χ4n) is 2.41. The quantitative estimate of drug-likeness (QED) is 0.796. The minimum atomic E-state index is -0.269. The maximum atomic E-state index is 13.4. The fraction of sp³-hybridized carbons (Fsp3) is 0.267. The number of halogens is 1. The molecule has 0 radical (unpaired) electrons. The molecule has 2 N–H and O–H groups in total. The number of aromatic nitrogens is 2. The largest absolute Gasteiger partial charge is 0.326 e. The molecule has 3 rings (SSSR count). The first kappa shape index (κ1) is 13.3. The van der Waals surface area contributed by atoms with Crippen molar-refractivity contribution in [3.05, 3.63) is 52.2 Å². The average molecular weight is 289 g/mol. The molecule has 20 heavy (non-hydrogen) atoms. The van der Waals surface area contributed by atoms with E-state index in [-0.39, 0.29) is 11.9 Å². The zero-order chi connectivity index (χ0) is 14.1. The molecule has 1 aromatic carbocycles. The van der Waals surface area contributed by atoms with Gasteiger partial charge in [0.15, 0.2) is 0 Å². The number of thiophene rings is 1. The molecule has 0 aliphatic heterocycles. The number of fused-ring (bicyclic) bond motifs is 1. The van der Waals surface area contributed by atoms with Crippen LogP contribution < -0.4 is 5.73 Å². The van der Waals surface area contributed by atoms with Crippen LogP contribution in [-0.2, 0) is 6.54 Å². The van der Waals surface area contributed by atoms with Gasteiger partial charge in [-0.3, -0.25) is 0 Å². The summed E-state index contributed by atoms with van der Waals surface area (Å²) in [6, 6.07) is 8.43. The van der Waals surface area contributed by atoms with Gasteiger partial charge in [-0.15, -0.1) is 11.3 Å². The second-order valence-corrected chi connectivity index (χ2v) is 5.73. The molecular weight excluding hydrogens is 273 g/mol. The van der Waals surface area contributed by atoms with Crippen molar-refractivity contribution in [3.8, 4) is 0 Å². The molecule has 0 aliphatic rings. The zero-order valence-electron chi connectivity index (χ0n) is 11.2. The smallest absolute Gasteiger partial charge is 0.132 e. The molecule has 3 nitrogen and oxygen atoms in total. The van der Waals surface area contributed by atoms with E-state index < -0.39 is 0 Å². The van der Waals surface area contributed by atoms with Gasteiger partial charge in [0.25, 0.3) is 0 Å². The van der Waals surface area contributed by atoms with Gasteiger partial charge in [0, 0.05) is 17.5 Å². The van der Waals surface area contributed by atoms with Gasteiger partial charge in [0.2, 0.25) is 0 Å². The number of benzene rings is 1. The minimum absolute atomic E-state index is 0.267. The Bertz CT molecular complexity index is 718. The van der Waals surface area contributed by atoms with Crippen molar-refractivity contribution in [1.82, 2.24) is 9.55 Å². The Hall–Kier alpha value is -1.72. The van der Waals surface area contributed by atoms with E-state index in [4.69, 9.17) is 5.73 Å². The summed E-state index contributed by atoms with van der Waals surface area (Å²) < 4.78 is 15.5. The monoisotopic (exact) mass is 289 g/mol. The van der Waals surface area contributed by atoms with Crippen molar-refractivity contribution < 1.29 is 4.39 Å². The SMILES string of the molecule is CCCn1c(C(N)c2cccs2)nc2cc(F)ccc21. The number of nitrogens with two attached hydrogens (primary N) is 1. The van der Waals surface area contributed by atoms with E-state index >= 15 is 0 Å². The van der Waals surface area contributed by atoms with E-state index in [1.165, 1.54) is 12.1 Å². The molecule has 0 saturated carbocycles. The topological polar surface area (TPSA) is 43.8 Å². The van der Waals surface area contributed by atoms with Crippen molar-refractivity contribution in [1.29, 1.82) is 0 Å². The molecule has 0 bridgehead atoms. The van der Waals surface area contributed by atoms with Crippen molar-refractivity contribution in [3.63, 3.8) is 0 Å². The Morgan fingerprint density at radius 2 is 2.25 bits per heavy atom. The Balaban J connectivity index is 2.15. The normalized spacial score (nSPS) is 12.9. The predicted octanol–water partition coefficient (Wildman–Crippen LogP) is 3.70. The van der Waals surface area contributed by atoms with Crippen LogP contribution in [0.1, 0.15) is 30.1 Å². The standard InChI is InChI=1S/C15H16FN3S/c1-2-7-19-12-6-5-10(16)9-11(12)18-15(19)14(17)13-4-3-8-20-13/h3-6,8-9,14H,2,7,17H2,1H3. The van der Waals surface area contributed by atoms with Gasteiger partial charge in [0.05, 0.1) is 17.1 Å². The molecular formula is C15H16FN3S. The second kappa shape index (κ2) is 5.34. The van der Waals surface area contributed by atoms with Crippen LogP contribution in [0.3, 0.4) is 0 Å². The van der Waals surface area contributed by atoms with E-state index in [0.29, 0.717) is 5.52 Å². The van der Waals surface area contributed by atoms with E-state index in [1.54, 1.807) is 17.4 Å². The summed E-state index contributed by atoms with van der Waals surface area (Å²) in [5, 5.41) is 2.00. The van der Waals surface area contributed by atoms with E-state index in [2.05, 4.69) is 16.5 Å². The number of imidazole rings is 1. The van der Waals surface area contributed by atoms with Crippen LogP contribution in [-0.4, -0.2) is 9.55 Å². The van der Waals surface area contributed by atoms with Crippen molar-refractivity contribution in [2.45, 2.75) is 25.9 Å². The molecule has 1 unspecified atom stereocenters. The van der Waals surface area contributed by atoms with E-state index in [0.717, 1.165) is 29.2 Å². The van der Waals surface area contributed by atoms with Crippen molar-refractivity contribution in [2.75, 3.05) is 0 Å². The van der Waals surface area contributed by atoms with E-state index in [9.17, 15) is 4.39 Å². The zero-order valence-corrected chi connectivity index (χ0v) is 12.0. The highest BCUT2D eigenvalue weighted by molar-refractivity contribution is 7.10. The Morgan fingerprint density at radius 3 is 2.95 bits per heavy atom. The van der Waals surface area contributed by atoms with Crippen LogP contribution in [0, 0.1) is 5.82 Å². The van der Waals surface area contributed by atoms with Gasteiger partial charge in [-0.2, -0.15) is 0 Å². The number of nitrogens with zero attached hydrogens (tertiary/aromatic N) is 2. The summed E-state index contributed by atoms with van der Waals surface area (Å²) in [6.07, 6.45) is 0.979. The number of rotatable bonds is 4. The molecule has 0 spiro atoms. The summed E-state index contributed by atoms with van der Waals surface area (Å²) in [6.45, 7) is 2.94. The van der Waals surface area contributed by atoms with Crippen LogP contribution >= 0.6 is 11.3 Å². The molecule has 5 heteroatoms. The molecule has 0 fully saturated rings. The molecule has 1 atom stereocenters. The van der Waals surface area contributed by atoms with Gasteiger partial charge >= 0.3 is 0 Å². The first-order valence-corrected chi connectivity index (χ1v) is 7.53. The van der Waals surface area contributed by atoms with Crippen LogP contribution in [0.4, 0.5) is 4.39 Å². The van der Waals surface area contributed by atoms with Crippen molar-refractivity contribution >= 4 is 22.4 Å². The summed E-state index contributed by atoms with van der Waals surface area (Å²) >= 11 is 1.61. The lowest BCUT2D eigenvalue weighted by Crippen LogP contribution is -2.17. The van der Waals surface area contributed by atoms with Crippen LogP contribution in [0.2, 0.25) is 0 Å². The van der Waals surface area contributed by atoms with Gasteiger partial charge in [-0.05, 0) is 30.0 Å². The molecule has 0 saturated heterocycles. The Kier molecular flexibility index (Phi) is 3.54. The molecule has 104 valence electrons. The third kappa shape index (κ3) is 2.23. The van der Waals surface area contributed by atoms with Gasteiger partial charge < -0.3 is 10.3 Å². The third-order valence-corrected chi connectivity index (χ3v) is 4.27. The lowest BCUT2D eigenvalue weighted by molar-refractivity contribution is 0.627. The molecule has 3 aromatic rings. The highest BCUT2D eigenvalue weighted by Gasteiger charge is 2.19. The van der Waals surface area contributed by atoms with Crippen LogP contribution in [0.5, 0.6) is 0 Å². The predicted molar refractivity (Wildman–Crippen MR) is 80.3 cm³/mol. The maximum Gasteiger partial charge on any atom is 0.132 e. The van der Waals surface area contributed by atoms with Gasteiger partial charge in [-0.25, -0.2) is 9.37 Å². The Labute approximate surface area is 120 Å². The number of aryl methyl sites for hydroxylation is 1. The van der Waals surface area contributed by atoms with E-state index in [1.807, 2.05) is 17.5 Å². The van der Waals surface area contributed by atoms with Crippen LogP contribution in [0.25, 0.3) is 11.0 Å². The first-order valence-electron chi connectivity index (χ1n) is 6.65.